The molecule has 4 unspecified atom stereocenters. The normalized spacial score (nSPS) is 14.6. The number of imide groups is 4. The Bertz CT molecular complexity index is 3650. The molecule has 0 N–H and O–H groups in total. The van der Waals surface area contributed by atoms with Crippen LogP contribution in [-0.4, -0.2) is 140 Å². The maximum atomic E-state index is 12.6. The number of ether oxygens (including phenoxy) is 2. The Kier molecular flexibility index (Phi) is 36.5. The Morgan fingerprint density at radius 1 is 0.274 bits per heavy atom. The number of nitrogens with zero attached hydrogens (tertiary/aromatic N) is 4. The van der Waals surface area contributed by atoms with Crippen molar-refractivity contribution in [2.45, 2.75) is 135 Å². The number of halogens is 16. The zero-order valence-electron chi connectivity index (χ0n) is 57.4. The summed E-state index contributed by atoms with van der Waals surface area (Å²) < 4.78 is 8.81. The quantitative estimate of drug-likeness (QED) is 0.0468. The van der Waals surface area contributed by atoms with Crippen LogP contribution in [0.1, 0.15) is 194 Å². The maximum Gasteiger partial charge on any atom is 2.00 e. The summed E-state index contributed by atoms with van der Waals surface area (Å²) in [5.41, 5.74) is -5.96. The summed E-state index contributed by atoms with van der Waals surface area (Å²) >= 11 is 95.2. The molecule has 0 saturated carbocycles. The van der Waals surface area contributed by atoms with Crippen molar-refractivity contribution in [1.82, 2.24) is 19.6 Å². The predicted molar refractivity (Wildman–Crippen MR) is 386 cm³/mol. The molecule has 2 radical (unpaired) electrons. The molecule has 4 heterocycles. The Morgan fingerprint density at radius 3 is 0.434 bits per heavy atom. The standard InChI is InChI=1S/4C14H11Cl4NO4.2C4H8O2.2Rh/c4*1-14(2,3)10(13(22)23)19-11(20)4-5(12(19)21)7(16)9(18)8(17)6(4)15;2*1-3-6-4(2)5;;/h4*10H,1-3H3,(H,22,23);2*3H2,1-2H3;;/q;;;;;;2*+2/p-4. The molecule has 24 nitrogen and oxygen atoms in total. The zero-order valence-corrected chi connectivity index (χ0v) is 72.8. The summed E-state index contributed by atoms with van der Waals surface area (Å²) in [6.45, 7) is 26.0. The molecule has 4 aromatic rings. The van der Waals surface area contributed by atoms with Gasteiger partial charge < -0.3 is 49.1 Å². The molecular weight excluding hydrogens is 1920 g/mol. The van der Waals surface area contributed by atoms with Crippen molar-refractivity contribution in [3.63, 3.8) is 0 Å². The van der Waals surface area contributed by atoms with E-state index in [1.54, 1.807) is 96.9 Å². The van der Waals surface area contributed by atoms with Crippen LogP contribution >= 0.6 is 186 Å². The second-order valence-electron chi connectivity index (χ2n) is 26.1. The third-order valence-corrected chi connectivity index (χ3v) is 21.6. The number of carboxylic acid groups (broad SMARTS) is 4. The van der Waals surface area contributed by atoms with Crippen LogP contribution in [0.4, 0.5) is 0 Å². The summed E-state index contributed by atoms with van der Waals surface area (Å²) in [6, 6.07) is -6.06. The Balaban J connectivity index is 0.000000666. The van der Waals surface area contributed by atoms with Crippen LogP contribution in [0.3, 0.4) is 0 Å². The topological polar surface area (TPSA) is 363 Å². The number of benzene rings is 4. The Hall–Kier alpha value is -3.85. The number of hydrogen-bond acceptors (Lipinski definition) is 20. The van der Waals surface area contributed by atoms with Gasteiger partial charge in [0.15, 0.2) is 0 Å². The van der Waals surface area contributed by atoms with Crippen molar-refractivity contribution in [1.29, 1.82) is 0 Å². The summed E-state index contributed by atoms with van der Waals surface area (Å²) in [5.74, 6) is -13.9. The molecule has 0 aromatic heterocycles. The van der Waals surface area contributed by atoms with Gasteiger partial charge in [-0.15, -0.1) is 0 Å². The van der Waals surface area contributed by atoms with E-state index in [1.165, 1.54) is 13.8 Å². The summed E-state index contributed by atoms with van der Waals surface area (Å²) in [5, 5.41) is 42.6. The number of fused-ring (bicyclic) bond motifs is 4. The molecule has 42 heteroatoms. The molecule has 0 saturated heterocycles. The van der Waals surface area contributed by atoms with E-state index < -0.39 is 117 Å². The van der Waals surface area contributed by atoms with Crippen LogP contribution in [0.15, 0.2) is 0 Å². The molecule has 8 rings (SSSR count). The number of hydrogen-bond donors (Lipinski definition) is 0. The minimum Gasteiger partial charge on any atom is -0.548 e. The zero-order chi connectivity index (χ0) is 81.4. The predicted octanol–water partition coefficient (Wildman–Crippen LogP) is 13.4. The van der Waals surface area contributed by atoms with E-state index in [4.69, 9.17) is 186 Å². The van der Waals surface area contributed by atoms with Crippen molar-refractivity contribution in [3.05, 3.63) is 125 Å². The molecule has 4 atom stereocenters. The fourth-order valence-corrected chi connectivity index (χ4v) is 14.3. The van der Waals surface area contributed by atoms with Crippen molar-refractivity contribution >= 4 is 269 Å². The smallest absolute Gasteiger partial charge is 0.548 e. The summed E-state index contributed by atoms with van der Waals surface area (Å²) in [7, 11) is 0. The average molecular weight is 1970 g/mol. The van der Waals surface area contributed by atoms with Crippen LogP contribution in [0.5, 0.6) is 0 Å². The van der Waals surface area contributed by atoms with Crippen LogP contribution in [0, 0.1) is 21.7 Å². The molecule has 4 aliphatic heterocycles. The van der Waals surface area contributed by atoms with Gasteiger partial charge in [0.2, 0.25) is 0 Å². The number of carbonyl (C=O) groups excluding carboxylic acids is 14. The molecule has 582 valence electrons. The van der Waals surface area contributed by atoms with Gasteiger partial charge in [0.1, 0.15) is 0 Å². The van der Waals surface area contributed by atoms with Gasteiger partial charge in [0.05, 0.1) is 186 Å². The third-order valence-electron chi connectivity index (χ3n) is 14.4. The van der Waals surface area contributed by atoms with Gasteiger partial charge in [-0.2, -0.15) is 0 Å². The van der Waals surface area contributed by atoms with Crippen LogP contribution in [-0.2, 0) is 77.2 Å². The van der Waals surface area contributed by atoms with E-state index in [1.807, 2.05) is 0 Å². The number of rotatable bonds is 10. The van der Waals surface area contributed by atoms with E-state index in [9.17, 15) is 87.5 Å². The Labute approximate surface area is 712 Å². The van der Waals surface area contributed by atoms with Crippen molar-refractivity contribution in [3.8, 4) is 0 Å². The van der Waals surface area contributed by atoms with Crippen LogP contribution < -0.4 is 20.4 Å². The molecule has 0 aliphatic carbocycles. The Morgan fingerprint density at radius 2 is 0.377 bits per heavy atom. The minimum absolute atomic E-state index is 0. The second-order valence-corrected chi connectivity index (χ2v) is 32.2. The fraction of sp³-hybridized carbons (Fsp3) is 0.406. The van der Waals surface area contributed by atoms with Gasteiger partial charge >= 0.3 is 50.9 Å². The first kappa shape index (κ1) is 100. The first-order valence-electron chi connectivity index (χ1n) is 29.2. The van der Waals surface area contributed by atoms with Gasteiger partial charge in [-0.1, -0.05) is 269 Å². The third kappa shape index (κ3) is 20.7. The van der Waals surface area contributed by atoms with Gasteiger partial charge in [-0.3, -0.25) is 67.5 Å². The number of carboxylic acids is 4. The van der Waals surface area contributed by atoms with E-state index in [-0.39, 0.29) is 176 Å². The molecule has 0 fully saturated rings. The minimum atomic E-state index is -1.57. The maximum absolute atomic E-state index is 12.6. The number of amides is 8. The van der Waals surface area contributed by atoms with Gasteiger partial charge in [0.25, 0.3) is 47.3 Å². The molecule has 0 spiro atoms. The molecule has 8 amide bonds. The van der Waals surface area contributed by atoms with Gasteiger partial charge in [-0.05, 0) is 35.5 Å². The number of carbonyl (C=O) groups is 14. The average Bonchev–Trinajstić information content (AvgIpc) is 1.60. The van der Waals surface area contributed by atoms with Crippen LogP contribution in [0.25, 0.3) is 0 Å². The largest absolute Gasteiger partial charge is 2.00 e. The van der Waals surface area contributed by atoms with E-state index in [2.05, 4.69) is 9.47 Å². The summed E-state index contributed by atoms with van der Waals surface area (Å²) in [6.07, 6.45) is 0. The molecule has 106 heavy (non-hydrogen) atoms. The second kappa shape index (κ2) is 38.6. The van der Waals surface area contributed by atoms with E-state index in [0.717, 1.165) is 0 Å². The molecule has 0 bridgehead atoms. The van der Waals surface area contributed by atoms with Gasteiger partial charge in [0, 0.05) is 13.8 Å². The first-order chi connectivity index (χ1) is 47.2. The van der Waals surface area contributed by atoms with Crippen LogP contribution in [0.2, 0.25) is 80.4 Å². The summed E-state index contributed by atoms with van der Waals surface area (Å²) in [4.78, 5) is 169. The van der Waals surface area contributed by atoms with Gasteiger partial charge in [-0.25, -0.2) is 0 Å². The monoisotopic (exact) mass is 1970 g/mol. The van der Waals surface area contributed by atoms with E-state index in [0.29, 0.717) is 32.8 Å². The first-order valence-corrected chi connectivity index (χ1v) is 35.3. The SMILES string of the molecule is CC(C)(C)C(C(=O)[O-])N1C(=O)c2c(Cl)c(Cl)c(Cl)c(Cl)c2C1=O.CC(C)(C)C(C(=O)[O-])N1C(=O)c2c(Cl)c(Cl)c(Cl)c(Cl)c2C1=O.CC(C)(C)C(C(=O)[O-])N1C(=O)c2c(Cl)c(Cl)c(Cl)c(Cl)c2C1=O.CC(C)(C)C(C(=O)[O-])N1C(=O)c2c(Cl)c(Cl)c(Cl)c(Cl)c2C1=O.CCOC(C)=O.CCOC(C)=O.[Rh+2].[Rh+2]. The number of aliphatic carboxylic acids is 4. The van der Waals surface area contributed by atoms with Crippen molar-refractivity contribution in [2.24, 2.45) is 21.7 Å². The molecule has 4 aromatic carbocycles. The van der Waals surface area contributed by atoms with Crippen molar-refractivity contribution in [2.75, 3.05) is 13.2 Å². The van der Waals surface area contributed by atoms with Crippen molar-refractivity contribution < 1.29 is 136 Å². The molecular formula is C64H56Cl16N4O20Rh2. The molecule has 4 aliphatic rings. The number of esters is 2. The fourth-order valence-electron chi connectivity index (χ4n) is 10.2. The van der Waals surface area contributed by atoms with E-state index >= 15 is 0 Å².